The normalized spacial score (nSPS) is 11.9. The van der Waals surface area contributed by atoms with E-state index < -0.39 is 0 Å². The van der Waals surface area contributed by atoms with Crippen molar-refractivity contribution in [2.75, 3.05) is 13.2 Å². The van der Waals surface area contributed by atoms with Crippen molar-refractivity contribution >= 4 is 0 Å². The summed E-state index contributed by atoms with van der Waals surface area (Å²) in [7, 11) is 0. The van der Waals surface area contributed by atoms with Gasteiger partial charge in [-0.2, -0.15) is 5.10 Å². The number of nitrogens with zero attached hydrogens (tertiary/aromatic N) is 2. The van der Waals surface area contributed by atoms with Gasteiger partial charge in [-0.25, -0.2) is 4.68 Å². The van der Waals surface area contributed by atoms with E-state index in [4.69, 9.17) is 0 Å². The zero-order chi connectivity index (χ0) is 16.9. The van der Waals surface area contributed by atoms with Crippen LogP contribution in [-0.2, 0) is 6.54 Å². The molecule has 0 radical (unpaired) electrons. The molecule has 0 aliphatic rings. The Morgan fingerprint density at radius 3 is 2.52 bits per heavy atom. The summed E-state index contributed by atoms with van der Waals surface area (Å²) in [5.41, 5.74) is 4.66. The fourth-order valence-electron chi connectivity index (χ4n) is 2.74. The molecule has 0 unspecified atom stereocenters. The van der Waals surface area contributed by atoms with Gasteiger partial charge in [0.1, 0.15) is 0 Å². The summed E-state index contributed by atoms with van der Waals surface area (Å²) in [5, 5.41) is 17.5. The van der Waals surface area contributed by atoms with Crippen molar-refractivity contribution in [1.82, 2.24) is 15.1 Å². The number of aryl methyl sites for hydroxylation is 1. The summed E-state index contributed by atoms with van der Waals surface area (Å²) in [5.74, 6) is 0. The lowest BCUT2D eigenvalue weighted by atomic mass is 9.89. The van der Waals surface area contributed by atoms with Gasteiger partial charge < -0.3 is 10.4 Å². The molecule has 0 aliphatic heterocycles. The van der Waals surface area contributed by atoms with Crippen molar-refractivity contribution in [3.63, 3.8) is 0 Å². The molecule has 4 nitrogen and oxygen atoms in total. The molecular formula is C19H29N3O. The first-order chi connectivity index (χ1) is 10.9. The number of hydrogen-bond acceptors (Lipinski definition) is 3. The molecule has 2 N–H and O–H groups in total. The second kappa shape index (κ2) is 7.75. The number of aliphatic hydroxyl groups excluding tert-OH is 1. The number of benzene rings is 1. The molecule has 1 aromatic heterocycles. The number of para-hydroxylation sites is 1. The van der Waals surface area contributed by atoms with Gasteiger partial charge >= 0.3 is 0 Å². The Bertz CT molecular complexity index is 617. The lowest BCUT2D eigenvalue weighted by Gasteiger charge is -2.21. The van der Waals surface area contributed by atoms with Crippen LogP contribution < -0.4 is 5.32 Å². The number of rotatable bonds is 8. The van der Waals surface area contributed by atoms with Gasteiger partial charge in [0.15, 0.2) is 0 Å². The predicted molar refractivity (Wildman–Crippen MR) is 94.8 cm³/mol. The molecule has 0 amide bonds. The Kier molecular flexibility index (Phi) is 5.97. The van der Waals surface area contributed by atoms with Crippen LogP contribution in [0.4, 0.5) is 0 Å². The van der Waals surface area contributed by atoms with E-state index in [1.54, 1.807) is 0 Å². The molecule has 0 bridgehead atoms. The zero-order valence-corrected chi connectivity index (χ0v) is 14.8. The maximum atomic E-state index is 9.28. The molecule has 126 valence electrons. The molecule has 0 spiro atoms. The van der Waals surface area contributed by atoms with E-state index in [1.165, 1.54) is 11.3 Å². The van der Waals surface area contributed by atoms with Crippen LogP contribution in [0.2, 0.25) is 0 Å². The Hall–Kier alpha value is -1.65. The van der Waals surface area contributed by atoms with E-state index in [9.17, 15) is 5.11 Å². The van der Waals surface area contributed by atoms with E-state index in [2.05, 4.69) is 50.2 Å². The summed E-state index contributed by atoms with van der Waals surface area (Å²) in [6.07, 6.45) is 2.09. The summed E-state index contributed by atoms with van der Waals surface area (Å²) in [4.78, 5) is 0. The van der Waals surface area contributed by atoms with Gasteiger partial charge in [0.25, 0.3) is 0 Å². The van der Waals surface area contributed by atoms with Gasteiger partial charge in [0.2, 0.25) is 0 Å². The van der Waals surface area contributed by atoms with Crippen LogP contribution in [0.3, 0.4) is 0 Å². The van der Waals surface area contributed by atoms with Crippen molar-refractivity contribution < 1.29 is 5.11 Å². The second-order valence-corrected chi connectivity index (χ2v) is 7.00. The molecule has 1 aromatic carbocycles. The van der Waals surface area contributed by atoms with Gasteiger partial charge in [0, 0.05) is 24.4 Å². The largest absolute Gasteiger partial charge is 0.396 e. The lowest BCUT2D eigenvalue weighted by Crippen LogP contribution is -2.21. The third-order valence-corrected chi connectivity index (χ3v) is 4.38. The average Bonchev–Trinajstić information content (AvgIpc) is 2.83. The van der Waals surface area contributed by atoms with Gasteiger partial charge in [-0.05, 0) is 50.8 Å². The summed E-state index contributed by atoms with van der Waals surface area (Å²) in [6, 6.07) is 10.2. The molecule has 4 heteroatoms. The fraction of sp³-hybridized carbons (Fsp3) is 0.526. The number of nitrogens with one attached hydrogen (secondary N) is 1. The molecule has 0 saturated heterocycles. The smallest absolute Gasteiger partial charge is 0.0648 e. The topological polar surface area (TPSA) is 50.1 Å². The molecule has 0 saturated carbocycles. The van der Waals surface area contributed by atoms with E-state index in [1.807, 2.05) is 22.9 Å². The minimum absolute atomic E-state index is 0.0196. The number of aromatic nitrogens is 2. The van der Waals surface area contributed by atoms with Crippen molar-refractivity contribution in [3.8, 4) is 5.69 Å². The molecule has 0 atom stereocenters. The molecule has 1 heterocycles. The van der Waals surface area contributed by atoms with Crippen molar-refractivity contribution in [3.05, 3.63) is 47.3 Å². The van der Waals surface area contributed by atoms with Crippen LogP contribution in [0.15, 0.2) is 30.3 Å². The lowest BCUT2D eigenvalue weighted by molar-refractivity contribution is 0.148. The highest BCUT2D eigenvalue weighted by molar-refractivity contribution is 5.36. The number of aliphatic hydroxyl groups is 1. The van der Waals surface area contributed by atoms with Crippen LogP contribution in [0.5, 0.6) is 0 Å². The van der Waals surface area contributed by atoms with Crippen molar-refractivity contribution in [1.29, 1.82) is 0 Å². The molecule has 2 rings (SSSR count). The summed E-state index contributed by atoms with van der Waals surface area (Å²) in [6.45, 7) is 10.4. The predicted octanol–water partition coefficient (Wildman–Crippen LogP) is 3.38. The molecule has 0 fully saturated rings. The quantitative estimate of drug-likeness (QED) is 0.734. The van der Waals surface area contributed by atoms with Crippen LogP contribution in [-0.4, -0.2) is 28.0 Å². The summed E-state index contributed by atoms with van der Waals surface area (Å²) < 4.78 is 2.02. The summed E-state index contributed by atoms with van der Waals surface area (Å²) >= 11 is 0. The van der Waals surface area contributed by atoms with Crippen LogP contribution in [0.1, 0.15) is 43.6 Å². The first kappa shape index (κ1) is 17.7. The highest BCUT2D eigenvalue weighted by Gasteiger charge is 2.16. The van der Waals surface area contributed by atoms with Gasteiger partial charge in [-0.1, -0.05) is 32.0 Å². The maximum Gasteiger partial charge on any atom is 0.0648 e. The van der Waals surface area contributed by atoms with E-state index in [-0.39, 0.29) is 12.0 Å². The van der Waals surface area contributed by atoms with E-state index in [0.717, 1.165) is 37.3 Å². The van der Waals surface area contributed by atoms with Crippen LogP contribution >= 0.6 is 0 Å². The van der Waals surface area contributed by atoms with Crippen LogP contribution in [0.25, 0.3) is 5.69 Å². The molecule has 2 aromatic rings. The standard InChI is InChI=1S/C19H29N3O/c1-15-18(13-20-12-8-11-19(3,4)14-23)16(2)22(21-15)17-9-6-5-7-10-17/h5-7,9-10,20,23H,8,11-14H2,1-4H3. The minimum atomic E-state index is 0.0196. The van der Waals surface area contributed by atoms with E-state index >= 15 is 0 Å². The third-order valence-electron chi connectivity index (χ3n) is 4.38. The second-order valence-electron chi connectivity index (χ2n) is 7.00. The van der Waals surface area contributed by atoms with Crippen LogP contribution in [0, 0.1) is 19.3 Å². The molecule has 0 aliphatic carbocycles. The first-order valence-corrected chi connectivity index (χ1v) is 8.37. The SMILES string of the molecule is Cc1nn(-c2ccccc2)c(C)c1CNCCCC(C)(C)CO. The Balaban J connectivity index is 1.93. The monoisotopic (exact) mass is 315 g/mol. The van der Waals surface area contributed by atoms with Crippen molar-refractivity contribution in [2.45, 2.75) is 47.1 Å². The Morgan fingerprint density at radius 2 is 1.87 bits per heavy atom. The van der Waals surface area contributed by atoms with Crippen molar-refractivity contribution in [2.24, 2.45) is 5.41 Å². The maximum absolute atomic E-state index is 9.28. The first-order valence-electron chi connectivity index (χ1n) is 8.37. The highest BCUT2D eigenvalue weighted by atomic mass is 16.3. The van der Waals surface area contributed by atoms with Gasteiger partial charge in [-0.15, -0.1) is 0 Å². The number of hydrogen-bond donors (Lipinski definition) is 2. The minimum Gasteiger partial charge on any atom is -0.396 e. The van der Waals surface area contributed by atoms with Gasteiger partial charge in [0.05, 0.1) is 11.4 Å². The molecular weight excluding hydrogens is 286 g/mol. The third kappa shape index (κ3) is 4.66. The Morgan fingerprint density at radius 1 is 1.17 bits per heavy atom. The zero-order valence-electron chi connectivity index (χ0n) is 14.8. The average molecular weight is 315 g/mol. The highest BCUT2D eigenvalue weighted by Crippen LogP contribution is 2.21. The Labute approximate surface area is 139 Å². The van der Waals surface area contributed by atoms with E-state index in [0.29, 0.717) is 0 Å². The van der Waals surface area contributed by atoms with Gasteiger partial charge in [-0.3, -0.25) is 0 Å². The molecule has 23 heavy (non-hydrogen) atoms. The fourth-order valence-corrected chi connectivity index (χ4v) is 2.74.